The molecule has 0 radical (unpaired) electrons. The standard InChI is InChI=1S/C14H19BrN2O/c1-11(2)9-17(7-3-6-16)14-5-4-12(10-18)8-13(14)15/h4-5,8,11,18H,3,7,9-10H2,1-2H3. The number of hydrogen-bond acceptors (Lipinski definition) is 3. The van der Waals surface area contributed by atoms with E-state index in [9.17, 15) is 0 Å². The number of benzene rings is 1. The molecule has 0 atom stereocenters. The van der Waals surface area contributed by atoms with Gasteiger partial charge in [-0.1, -0.05) is 19.9 Å². The molecule has 1 rings (SSSR count). The minimum Gasteiger partial charge on any atom is -0.392 e. The lowest BCUT2D eigenvalue weighted by molar-refractivity contribution is 0.282. The van der Waals surface area contributed by atoms with E-state index >= 15 is 0 Å². The van der Waals surface area contributed by atoms with Gasteiger partial charge < -0.3 is 10.0 Å². The van der Waals surface area contributed by atoms with Gasteiger partial charge in [-0.15, -0.1) is 0 Å². The highest BCUT2D eigenvalue weighted by atomic mass is 79.9. The van der Waals surface area contributed by atoms with Crippen LogP contribution in [-0.2, 0) is 6.61 Å². The quantitative estimate of drug-likeness (QED) is 0.876. The number of hydrogen-bond donors (Lipinski definition) is 1. The molecular formula is C14H19BrN2O. The van der Waals surface area contributed by atoms with Gasteiger partial charge in [-0.3, -0.25) is 0 Å². The van der Waals surface area contributed by atoms with Crippen molar-refractivity contribution < 1.29 is 5.11 Å². The molecule has 0 amide bonds. The van der Waals surface area contributed by atoms with E-state index in [0.717, 1.165) is 28.8 Å². The average Bonchev–Trinajstić information content (AvgIpc) is 2.34. The second kappa shape index (κ2) is 7.40. The molecule has 0 aliphatic heterocycles. The molecule has 0 aliphatic carbocycles. The molecule has 0 aliphatic rings. The van der Waals surface area contributed by atoms with Gasteiger partial charge in [0.05, 0.1) is 24.8 Å². The van der Waals surface area contributed by atoms with Crippen molar-refractivity contribution in [3.63, 3.8) is 0 Å². The summed E-state index contributed by atoms with van der Waals surface area (Å²) in [6.07, 6.45) is 0.515. The summed E-state index contributed by atoms with van der Waals surface area (Å²) in [6, 6.07) is 8.02. The summed E-state index contributed by atoms with van der Waals surface area (Å²) in [5.41, 5.74) is 1.96. The normalized spacial score (nSPS) is 10.4. The summed E-state index contributed by atoms with van der Waals surface area (Å²) >= 11 is 3.53. The number of nitriles is 1. The predicted molar refractivity (Wildman–Crippen MR) is 77.3 cm³/mol. The topological polar surface area (TPSA) is 47.3 Å². The fourth-order valence-electron chi connectivity index (χ4n) is 1.84. The van der Waals surface area contributed by atoms with E-state index < -0.39 is 0 Å². The largest absolute Gasteiger partial charge is 0.392 e. The van der Waals surface area contributed by atoms with Crippen molar-refractivity contribution >= 4 is 21.6 Å². The van der Waals surface area contributed by atoms with Gasteiger partial charge in [0.25, 0.3) is 0 Å². The minimum atomic E-state index is 0.0429. The molecule has 0 unspecified atom stereocenters. The van der Waals surface area contributed by atoms with Crippen LogP contribution in [0.1, 0.15) is 25.8 Å². The van der Waals surface area contributed by atoms with Crippen LogP contribution >= 0.6 is 15.9 Å². The third kappa shape index (κ3) is 4.32. The molecule has 1 aromatic rings. The molecule has 0 aromatic heterocycles. The summed E-state index contributed by atoms with van der Waals surface area (Å²) in [5.74, 6) is 0.535. The highest BCUT2D eigenvalue weighted by Crippen LogP contribution is 2.28. The van der Waals surface area contributed by atoms with Crippen molar-refractivity contribution in [2.24, 2.45) is 5.92 Å². The van der Waals surface area contributed by atoms with Gasteiger partial charge in [0, 0.05) is 17.6 Å². The SMILES string of the molecule is CC(C)CN(CCC#N)c1ccc(CO)cc1Br. The van der Waals surface area contributed by atoms with E-state index in [0.29, 0.717) is 12.3 Å². The van der Waals surface area contributed by atoms with Crippen LogP contribution in [0.5, 0.6) is 0 Å². The molecule has 0 saturated heterocycles. The molecule has 98 valence electrons. The third-order valence-electron chi connectivity index (χ3n) is 2.61. The fourth-order valence-corrected chi connectivity index (χ4v) is 2.52. The summed E-state index contributed by atoms with van der Waals surface area (Å²) in [7, 11) is 0. The maximum absolute atomic E-state index is 9.10. The van der Waals surface area contributed by atoms with E-state index in [1.54, 1.807) is 0 Å². The van der Waals surface area contributed by atoms with Crippen LogP contribution in [0, 0.1) is 17.2 Å². The zero-order chi connectivity index (χ0) is 13.5. The summed E-state index contributed by atoms with van der Waals surface area (Å²) in [6.45, 7) is 6.01. The van der Waals surface area contributed by atoms with Gasteiger partial charge >= 0.3 is 0 Å². The summed E-state index contributed by atoms with van der Waals surface area (Å²) in [4.78, 5) is 2.21. The van der Waals surface area contributed by atoms with Gasteiger partial charge in [-0.2, -0.15) is 5.26 Å². The summed E-state index contributed by atoms with van der Waals surface area (Å²) in [5, 5.41) is 17.8. The number of nitrogens with zero attached hydrogens (tertiary/aromatic N) is 2. The molecule has 0 bridgehead atoms. The van der Waals surface area contributed by atoms with Crippen molar-refractivity contribution in [1.29, 1.82) is 5.26 Å². The van der Waals surface area contributed by atoms with Crippen molar-refractivity contribution in [2.75, 3.05) is 18.0 Å². The molecule has 4 heteroatoms. The molecule has 0 spiro atoms. The molecule has 1 N–H and O–H groups in total. The van der Waals surface area contributed by atoms with Gasteiger partial charge in [0.15, 0.2) is 0 Å². The maximum Gasteiger partial charge on any atom is 0.0682 e. The van der Waals surface area contributed by atoms with Crippen molar-refractivity contribution in [3.8, 4) is 6.07 Å². The monoisotopic (exact) mass is 310 g/mol. The van der Waals surface area contributed by atoms with Crippen LogP contribution in [0.25, 0.3) is 0 Å². The smallest absolute Gasteiger partial charge is 0.0682 e. The number of anilines is 1. The van der Waals surface area contributed by atoms with Crippen LogP contribution in [-0.4, -0.2) is 18.2 Å². The Kier molecular flexibility index (Phi) is 6.17. The van der Waals surface area contributed by atoms with Crippen LogP contribution in [0.4, 0.5) is 5.69 Å². The van der Waals surface area contributed by atoms with E-state index in [4.69, 9.17) is 10.4 Å². The first-order valence-electron chi connectivity index (χ1n) is 6.09. The Morgan fingerprint density at radius 1 is 1.44 bits per heavy atom. The second-order valence-corrected chi connectivity index (χ2v) is 5.55. The Hall–Kier alpha value is -1.05. The average molecular weight is 311 g/mol. The van der Waals surface area contributed by atoms with E-state index in [-0.39, 0.29) is 6.61 Å². The lowest BCUT2D eigenvalue weighted by Gasteiger charge is -2.27. The Morgan fingerprint density at radius 3 is 2.67 bits per heavy atom. The van der Waals surface area contributed by atoms with E-state index in [1.165, 1.54) is 0 Å². The first-order chi connectivity index (χ1) is 8.58. The van der Waals surface area contributed by atoms with Crippen molar-refractivity contribution in [3.05, 3.63) is 28.2 Å². The van der Waals surface area contributed by atoms with Crippen LogP contribution in [0.15, 0.2) is 22.7 Å². The van der Waals surface area contributed by atoms with Crippen LogP contribution in [0.2, 0.25) is 0 Å². The predicted octanol–water partition coefficient (Wildman–Crippen LogP) is 3.32. The summed E-state index contributed by atoms with van der Waals surface area (Å²) < 4.78 is 0.965. The molecule has 0 heterocycles. The first kappa shape index (κ1) is 15.0. The third-order valence-corrected chi connectivity index (χ3v) is 3.25. The molecule has 1 aromatic carbocycles. The molecule has 0 saturated carbocycles. The van der Waals surface area contributed by atoms with Crippen LogP contribution < -0.4 is 4.90 Å². The lowest BCUT2D eigenvalue weighted by Crippen LogP contribution is -2.28. The van der Waals surface area contributed by atoms with Gasteiger partial charge in [-0.05, 0) is 39.5 Å². The second-order valence-electron chi connectivity index (χ2n) is 4.69. The molecule has 0 fully saturated rings. The lowest BCUT2D eigenvalue weighted by atomic mass is 10.1. The minimum absolute atomic E-state index is 0.0429. The Balaban J connectivity index is 2.93. The van der Waals surface area contributed by atoms with Gasteiger partial charge in [0.2, 0.25) is 0 Å². The highest BCUT2D eigenvalue weighted by molar-refractivity contribution is 9.10. The Bertz CT molecular complexity index is 426. The zero-order valence-corrected chi connectivity index (χ0v) is 12.4. The number of aliphatic hydroxyl groups is 1. The Morgan fingerprint density at radius 2 is 2.17 bits per heavy atom. The van der Waals surface area contributed by atoms with E-state index in [1.807, 2.05) is 18.2 Å². The van der Waals surface area contributed by atoms with Crippen molar-refractivity contribution in [1.82, 2.24) is 0 Å². The maximum atomic E-state index is 9.10. The van der Waals surface area contributed by atoms with Crippen LogP contribution in [0.3, 0.4) is 0 Å². The molecule has 3 nitrogen and oxygen atoms in total. The fraction of sp³-hybridized carbons (Fsp3) is 0.500. The molecule has 18 heavy (non-hydrogen) atoms. The van der Waals surface area contributed by atoms with Crippen molar-refractivity contribution in [2.45, 2.75) is 26.9 Å². The zero-order valence-electron chi connectivity index (χ0n) is 10.9. The number of halogens is 1. The molecular weight excluding hydrogens is 292 g/mol. The van der Waals surface area contributed by atoms with Gasteiger partial charge in [-0.25, -0.2) is 0 Å². The number of rotatable bonds is 6. The number of aliphatic hydroxyl groups excluding tert-OH is 1. The van der Waals surface area contributed by atoms with E-state index in [2.05, 4.69) is 40.7 Å². The Labute approximate surface area is 117 Å². The first-order valence-corrected chi connectivity index (χ1v) is 6.89. The highest BCUT2D eigenvalue weighted by Gasteiger charge is 2.12. The van der Waals surface area contributed by atoms with Gasteiger partial charge in [0.1, 0.15) is 0 Å².